The van der Waals surface area contributed by atoms with Crippen molar-refractivity contribution < 1.29 is 23.1 Å². The highest BCUT2D eigenvalue weighted by Gasteiger charge is 2.22. The fourth-order valence-corrected chi connectivity index (χ4v) is 3.90. The molecule has 2 N–H and O–H groups in total. The van der Waals surface area contributed by atoms with Crippen LogP contribution < -0.4 is 14.5 Å². The smallest absolute Gasteiger partial charge is 0.260 e. The van der Waals surface area contributed by atoms with Crippen molar-refractivity contribution in [2.24, 2.45) is 5.10 Å². The normalized spacial score (nSPS) is 11.5. The van der Waals surface area contributed by atoms with E-state index in [0.29, 0.717) is 15.7 Å². The second kappa shape index (κ2) is 9.27. The molecule has 29 heavy (non-hydrogen) atoms. The third-order valence-corrected chi connectivity index (χ3v) is 5.73. The summed E-state index contributed by atoms with van der Waals surface area (Å²) >= 11 is 3.20. The molecule has 0 heterocycles. The van der Waals surface area contributed by atoms with Crippen molar-refractivity contribution in [3.05, 3.63) is 51.5 Å². The molecule has 0 atom stereocenters. The van der Waals surface area contributed by atoms with E-state index in [1.807, 2.05) is 13.0 Å². The molecular formula is C19H22BrN3O5S. The van der Waals surface area contributed by atoms with E-state index in [1.54, 1.807) is 25.1 Å². The predicted molar refractivity (Wildman–Crippen MR) is 116 cm³/mol. The molecule has 0 radical (unpaired) electrons. The van der Waals surface area contributed by atoms with Gasteiger partial charge in [0, 0.05) is 0 Å². The number of sulfonamides is 1. The second-order valence-corrected chi connectivity index (χ2v) is 9.17. The maximum Gasteiger partial charge on any atom is 0.260 e. The number of ether oxygens (including phenoxy) is 1. The molecule has 1 amide bonds. The van der Waals surface area contributed by atoms with Gasteiger partial charge in [-0.25, -0.2) is 13.8 Å². The number of methoxy groups -OCH3 is 1. The number of amides is 1. The summed E-state index contributed by atoms with van der Waals surface area (Å²) in [4.78, 5) is 12.3. The van der Waals surface area contributed by atoms with Gasteiger partial charge in [-0.3, -0.25) is 9.10 Å². The number of rotatable bonds is 7. The lowest BCUT2D eigenvalue weighted by molar-refractivity contribution is -0.119. The monoisotopic (exact) mass is 483 g/mol. The topological polar surface area (TPSA) is 108 Å². The first-order chi connectivity index (χ1) is 13.5. The fourth-order valence-electron chi connectivity index (χ4n) is 2.54. The van der Waals surface area contributed by atoms with Crippen molar-refractivity contribution in [2.75, 3.05) is 24.2 Å². The summed E-state index contributed by atoms with van der Waals surface area (Å²) in [5, 5.41) is 13.7. The predicted octanol–water partition coefficient (Wildman–Crippen LogP) is 2.70. The summed E-state index contributed by atoms with van der Waals surface area (Å²) in [6.45, 7) is 3.21. The molecule has 2 aromatic carbocycles. The number of phenolic OH excluding ortho intramolecular Hbond substituents is 1. The number of benzene rings is 2. The Bertz CT molecular complexity index is 1050. The van der Waals surface area contributed by atoms with Gasteiger partial charge in [0.2, 0.25) is 10.0 Å². The highest BCUT2D eigenvalue weighted by molar-refractivity contribution is 9.10. The Morgan fingerprint density at radius 1 is 1.31 bits per heavy atom. The minimum absolute atomic E-state index is 0.0500. The summed E-state index contributed by atoms with van der Waals surface area (Å²) < 4.78 is 31.0. The van der Waals surface area contributed by atoms with E-state index in [1.165, 1.54) is 19.4 Å². The largest absolute Gasteiger partial charge is 0.503 e. The number of hydrogen-bond acceptors (Lipinski definition) is 6. The molecule has 0 bridgehead atoms. The number of anilines is 1. The van der Waals surface area contributed by atoms with E-state index in [9.17, 15) is 18.3 Å². The first-order valence-electron chi connectivity index (χ1n) is 8.46. The van der Waals surface area contributed by atoms with E-state index in [0.717, 1.165) is 21.7 Å². The van der Waals surface area contributed by atoms with E-state index in [-0.39, 0.29) is 11.5 Å². The summed E-state index contributed by atoms with van der Waals surface area (Å²) in [5.41, 5.74) is 4.93. The summed E-state index contributed by atoms with van der Waals surface area (Å²) in [7, 11) is -2.26. The van der Waals surface area contributed by atoms with Crippen LogP contribution >= 0.6 is 15.9 Å². The van der Waals surface area contributed by atoms with Crippen LogP contribution in [0.3, 0.4) is 0 Å². The van der Waals surface area contributed by atoms with Crippen molar-refractivity contribution in [2.45, 2.75) is 13.8 Å². The van der Waals surface area contributed by atoms with Crippen LogP contribution in [0, 0.1) is 13.8 Å². The number of hydrazone groups is 1. The zero-order chi connectivity index (χ0) is 21.8. The van der Waals surface area contributed by atoms with Gasteiger partial charge in [-0.2, -0.15) is 5.10 Å². The molecule has 0 fully saturated rings. The molecule has 0 aliphatic carbocycles. The van der Waals surface area contributed by atoms with E-state index < -0.39 is 22.5 Å². The van der Waals surface area contributed by atoms with E-state index in [2.05, 4.69) is 26.5 Å². The number of nitrogens with zero attached hydrogens (tertiary/aromatic N) is 2. The van der Waals surface area contributed by atoms with Gasteiger partial charge in [0.1, 0.15) is 6.54 Å². The number of carbonyl (C=O) groups is 1. The SMILES string of the molecule is COc1cc(/C=N\NC(=O)CN(c2cc(C)ccc2C)S(C)(=O)=O)cc(Br)c1O. The van der Waals surface area contributed by atoms with Crippen molar-refractivity contribution in [3.63, 3.8) is 0 Å². The molecule has 2 aromatic rings. The van der Waals surface area contributed by atoms with Crippen molar-refractivity contribution in [1.82, 2.24) is 5.43 Å². The van der Waals surface area contributed by atoms with Gasteiger partial charge in [-0.05, 0) is 64.7 Å². The van der Waals surface area contributed by atoms with Crippen LogP contribution in [0.2, 0.25) is 0 Å². The Morgan fingerprint density at radius 3 is 2.62 bits per heavy atom. The van der Waals surface area contributed by atoms with Crippen LogP contribution in [0.5, 0.6) is 11.5 Å². The van der Waals surface area contributed by atoms with Crippen LogP contribution in [0.25, 0.3) is 0 Å². The summed E-state index contributed by atoms with van der Waals surface area (Å²) in [5.74, 6) is -0.409. The van der Waals surface area contributed by atoms with Crippen LogP contribution in [0.4, 0.5) is 5.69 Å². The molecule has 10 heteroatoms. The van der Waals surface area contributed by atoms with Crippen LogP contribution in [-0.4, -0.2) is 45.6 Å². The maximum atomic E-state index is 12.3. The van der Waals surface area contributed by atoms with Gasteiger partial charge in [-0.15, -0.1) is 0 Å². The number of aryl methyl sites for hydroxylation is 2. The van der Waals surface area contributed by atoms with E-state index in [4.69, 9.17) is 4.74 Å². The average Bonchev–Trinajstić information content (AvgIpc) is 2.63. The fraction of sp³-hybridized carbons (Fsp3) is 0.263. The number of aromatic hydroxyl groups is 1. The van der Waals surface area contributed by atoms with Crippen molar-refractivity contribution in [3.8, 4) is 11.5 Å². The molecule has 0 spiro atoms. The third kappa shape index (κ3) is 5.94. The van der Waals surface area contributed by atoms with Gasteiger partial charge in [0.15, 0.2) is 11.5 Å². The zero-order valence-electron chi connectivity index (χ0n) is 16.4. The molecule has 0 aromatic heterocycles. The van der Waals surface area contributed by atoms with Crippen LogP contribution in [-0.2, 0) is 14.8 Å². The molecular weight excluding hydrogens is 462 g/mol. The minimum Gasteiger partial charge on any atom is -0.503 e. The Morgan fingerprint density at radius 2 is 2.00 bits per heavy atom. The Hall–Kier alpha value is -2.59. The Balaban J connectivity index is 2.16. The summed E-state index contributed by atoms with van der Waals surface area (Å²) in [6.07, 6.45) is 2.40. The van der Waals surface area contributed by atoms with Gasteiger partial charge in [0.25, 0.3) is 5.91 Å². The highest BCUT2D eigenvalue weighted by atomic mass is 79.9. The van der Waals surface area contributed by atoms with Gasteiger partial charge < -0.3 is 9.84 Å². The first-order valence-corrected chi connectivity index (χ1v) is 11.1. The molecule has 0 saturated heterocycles. The first kappa shape index (κ1) is 22.7. The second-order valence-electron chi connectivity index (χ2n) is 6.41. The standard InChI is InChI=1S/C19H22BrN3O5S/c1-12-5-6-13(2)16(7-12)23(29(4,26)27)11-18(24)22-21-10-14-8-15(20)19(25)17(9-14)28-3/h5-10,25H,11H2,1-4H3,(H,22,24)/b21-10-. The number of hydrogen-bond donors (Lipinski definition) is 2. The Kier molecular flexibility index (Phi) is 7.26. The van der Waals surface area contributed by atoms with Crippen LogP contribution in [0.15, 0.2) is 39.9 Å². The van der Waals surface area contributed by atoms with Gasteiger partial charge >= 0.3 is 0 Å². The lowest BCUT2D eigenvalue weighted by Gasteiger charge is -2.23. The molecule has 8 nitrogen and oxygen atoms in total. The zero-order valence-corrected chi connectivity index (χ0v) is 18.8. The molecule has 0 aliphatic rings. The Labute approximate surface area is 178 Å². The number of nitrogens with one attached hydrogen (secondary N) is 1. The quantitative estimate of drug-likeness (QED) is 0.464. The molecule has 156 valence electrons. The minimum atomic E-state index is -3.68. The highest BCUT2D eigenvalue weighted by Crippen LogP contribution is 2.34. The number of carbonyl (C=O) groups excluding carboxylic acids is 1. The van der Waals surface area contributed by atoms with Crippen molar-refractivity contribution >= 4 is 43.8 Å². The van der Waals surface area contributed by atoms with Crippen LogP contribution in [0.1, 0.15) is 16.7 Å². The number of phenols is 1. The maximum absolute atomic E-state index is 12.3. The van der Waals surface area contributed by atoms with E-state index >= 15 is 0 Å². The number of halogens is 1. The van der Waals surface area contributed by atoms with Gasteiger partial charge in [-0.1, -0.05) is 12.1 Å². The van der Waals surface area contributed by atoms with Gasteiger partial charge in [0.05, 0.1) is 29.7 Å². The molecule has 0 saturated carbocycles. The molecule has 2 rings (SSSR count). The molecule has 0 unspecified atom stereocenters. The molecule has 0 aliphatic heterocycles. The van der Waals surface area contributed by atoms with Crippen molar-refractivity contribution in [1.29, 1.82) is 0 Å². The summed E-state index contributed by atoms with van der Waals surface area (Å²) in [6, 6.07) is 8.51. The average molecular weight is 484 g/mol. The lowest BCUT2D eigenvalue weighted by atomic mass is 10.1. The third-order valence-electron chi connectivity index (χ3n) is 3.99. The lowest BCUT2D eigenvalue weighted by Crippen LogP contribution is -2.39.